The summed E-state index contributed by atoms with van der Waals surface area (Å²) >= 11 is 0. The maximum atomic E-state index is 11.2. The van der Waals surface area contributed by atoms with Crippen molar-refractivity contribution in [3.8, 4) is 0 Å². The van der Waals surface area contributed by atoms with Crippen molar-refractivity contribution < 1.29 is 193 Å². The maximum Gasteiger partial charge on any atom is 1.00 e. The third-order valence-electron chi connectivity index (χ3n) is 2.85. The monoisotopic (exact) mass is 497 g/mol. The van der Waals surface area contributed by atoms with E-state index in [1.54, 1.807) is 0 Å². The van der Waals surface area contributed by atoms with E-state index < -0.39 is 61.5 Å². The maximum absolute atomic E-state index is 11.2. The van der Waals surface area contributed by atoms with Crippen LogP contribution in [0.5, 0.6) is 0 Å². The zero-order valence-corrected chi connectivity index (χ0v) is 25.6. The largest absolute Gasteiger partial charge is 1.00 e. The van der Waals surface area contributed by atoms with Crippen LogP contribution in [0.4, 0.5) is 5.69 Å². The summed E-state index contributed by atoms with van der Waals surface area (Å²) in [5.74, 6) is 0. The average Bonchev–Trinajstić information content (AvgIpc) is 2.32. The van der Waals surface area contributed by atoms with Crippen LogP contribution >= 0.6 is 0 Å². The molecule has 0 radical (unpaired) electrons. The molecule has 2 aromatic rings. The van der Waals surface area contributed by atoms with E-state index >= 15 is 0 Å². The normalized spacial score (nSPS) is 11.8. The van der Waals surface area contributed by atoms with Crippen molar-refractivity contribution in [1.29, 1.82) is 0 Å². The van der Waals surface area contributed by atoms with Crippen molar-refractivity contribution in [3.63, 3.8) is 0 Å². The van der Waals surface area contributed by atoms with E-state index in [2.05, 4.69) is 0 Å². The van der Waals surface area contributed by atoms with E-state index in [1.807, 2.05) is 0 Å². The van der Waals surface area contributed by atoms with Crippen molar-refractivity contribution in [2.24, 2.45) is 0 Å². The molecule has 0 fully saturated rings. The summed E-state index contributed by atoms with van der Waals surface area (Å²) < 4.78 is 100. The van der Waals surface area contributed by atoms with Gasteiger partial charge in [0.2, 0.25) is 0 Å². The van der Waals surface area contributed by atoms with Gasteiger partial charge < -0.3 is 19.4 Å². The second-order valence-electron chi connectivity index (χ2n) is 4.39. The second-order valence-corrected chi connectivity index (χ2v) is 8.47. The molecule has 0 spiro atoms. The van der Waals surface area contributed by atoms with Crippen molar-refractivity contribution >= 4 is 46.8 Å². The molecule has 16 heteroatoms. The van der Waals surface area contributed by atoms with Crippen LogP contribution in [-0.4, -0.2) is 38.9 Å². The van der Waals surface area contributed by atoms with Gasteiger partial charge in [-0.25, -0.2) is 25.3 Å². The third-order valence-corrected chi connectivity index (χ3v) is 5.43. The molecule has 0 aliphatic carbocycles. The van der Waals surface area contributed by atoms with Crippen molar-refractivity contribution in [3.05, 3.63) is 24.3 Å². The molecule has 126 valence electrons. The topological polar surface area (TPSA) is 198 Å². The van der Waals surface area contributed by atoms with Gasteiger partial charge in [0.1, 0.15) is 30.4 Å². The van der Waals surface area contributed by atoms with E-state index in [0.717, 1.165) is 6.07 Å². The Morgan fingerprint density at radius 1 is 0.654 bits per heavy atom. The van der Waals surface area contributed by atoms with Crippen LogP contribution < -0.4 is 160 Å². The number of benzene rings is 2. The smallest absolute Gasteiger partial charge is 0.744 e. The minimum absolute atomic E-state index is 0. The molecule has 2 rings (SSSR count). The first-order chi connectivity index (χ1) is 10.2. The Labute approximate surface area is 277 Å². The number of nitrogens with two attached hydrogens (primary N) is 1. The molecule has 10 nitrogen and oxygen atoms in total. The minimum atomic E-state index is -5.21. The first kappa shape index (κ1) is 31.3. The number of rotatable bonds is 3. The summed E-state index contributed by atoms with van der Waals surface area (Å²) in [6, 6.07) is 2.31. The van der Waals surface area contributed by atoms with Gasteiger partial charge in [-0.2, -0.15) is 0 Å². The Balaban J connectivity index is 0. The van der Waals surface area contributed by atoms with E-state index in [1.165, 1.54) is 0 Å². The molecule has 0 aliphatic heterocycles. The zero-order valence-electron chi connectivity index (χ0n) is 13.8. The molecule has 0 aliphatic rings. The Bertz CT molecular complexity index is 1150. The molecule has 0 amide bonds. The summed E-state index contributed by atoms with van der Waals surface area (Å²) in [7, 11) is -15.4. The van der Waals surface area contributed by atoms with Gasteiger partial charge in [-0.15, -0.1) is 0 Å². The molecule has 26 heavy (non-hydrogen) atoms. The van der Waals surface area contributed by atoms with E-state index in [9.17, 15) is 38.9 Å². The van der Waals surface area contributed by atoms with E-state index in [-0.39, 0.29) is 154 Å². The Hall–Kier alpha value is 3.14. The Kier molecular flexibility index (Phi) is 13.4. The van der Waals surface area contributed by atoms with Crippen molar-refractivity contribution in [2.45, 2.75) is 14.7 Å². The molecule has 0 saturated carbocycles. The van der Waals surface area contributed by atoms with Crippen LogP contribution in [0.3, 0.4) is 0 Å². The van der Waals surface area contributed by atoms with Gasteiger partial charge in [-0.1, -0.05) is 0 Å². The molecule has 0 saturated heterocycles. The summed E-state index contributed by atoms with van der Waals surface area (Å²) in [6.45, 7) is 0. The van der Waals surface area contributed by atoms with Gasteiger partial charge in [0.15, 0.2) is 0 Å². The molecule has 2 aromatic carbocycles. The fraction of sp³-hybridized carbons (Fsp3) is 0. The van der Waals surface area contributed by atoms with E-state index in [4.69, 9.17) is 5.73 Å². The first-order valence-electron chi connectivity index (χ1n) is 5.46. The fourth-order valence-electron chi connectivity index (χ4n) is 1.91. The van der Waals surface area contributed by atoms with Crippen LogP contribution in [0.1, 0.15) is 0 Å². The van der Waals surface area contributed by atoms with Crippen LogP contribution in [0, 0.1) is 0 Å². The summed E-state index contributed by atoms with van der Waals surface area (Å²) in [6.07, 6.45) is 0. The van der Waals surface area contributed by atoms with Gasteiger partial charge >= 0.3 is 154 Å². The average molecular weight is 498 g/mol. The van der Waals surface area contributed by atoms with Crippen molar-refractivity contribution in [2.75, 3.05) is 5.73 Å². The number of fused-ring (bicyclic) bond motifs is 1. The van der Waals surface area contributed by atoms with Crippen molar-refractivity contribution in [1.82, 2.24) is 0 Å². The summed E-state index contributed by atoms with van der Waals surface area (Å²) in [5, 5.41) is -0.850. The standard InChI is InChI=1S/C10H9NO9S3.3K/c11-8-4-7-5(2-10(8)23(18,19)20)1-6(21(12,13)14)3-9(7)22(15,16)17;;;/h1-4H,11H2,(H,12,13,14)(H,15,16,17)(H,18,19,20);;;/q;3*+1/p-3. The fourth-order valence-corrected chi connectivity index (χ4v) is 3.86. The zero-order chi connectivity index (χ0) is 17.8. The van der Waals surface area contributed by atoms with Crippen LogP contribution in [0.25, 0.3) is 10.8 Å². The number of anilines is 1. The van der Waals surface area contributed by atoms with E-state index in [0.29, 0.717) is 18.2 Å². The third kappa shape index (κ3) is 7.68. The predicted molar refractivity (Wildman–Crippen MR) is 72.3 cm³/mol. The molecule has 0 bridgehead atoms. The molecule has 0 unspecified atom stereocenters. The van der Waals surface area contributed by atoms with Gasteiger partial charge in [-0.3, -0.25) is 0 Å². The number of hydrogen-bond donors (Lipinski definition) is 1. The van der Waals surface area contributed by atoms with Crippen LogP contribution in [0.2, 0.25) is 0 Å². The molecular weight excluding hydrogens is 492 g/mol. The molecule has 0 aromatic heterocycles. The quantitative estimate of drug-likeness (QED) is 0.241. The van der Waals surface area contributed by atoms with Crippen LogP contribution in [-0.2, 0) is 30.4 Å². The van der Waals surface area contributed by atoms with Gasteiger partial charge in [0.25, 0.3) is 0 Å². The molecular formula is C10H6K3NO9S3. The summed E-state index contributed by atoms with van der Waals surface area (Å²) in [5.41, 5.74) is 4.72. The molecule has 0 heterocycles. The van der Waals surface area contributed by atoms with Crippen LogP contribution in [0.15, 0.2) is 39.0 Å². The minimum Gasteiger partial charge on any atom is -0.744 e. The van der Waals surface area contributed by atoms with Gasteiger partial charge in [-0.05, 0) is 29.7 Å². The molecule has 2 N–H and O–H groups in total. The first-order valence-corrected chi connectivity index (χ1v) is 9.69. The summed E-state index contributed by atoms with van der Waals surface area (Å²) in [4.78, 5) is -3.09. The molecule has 0 atom stereocenters. The Morgan fingerprint density at radius 2 is 1.12 bits per heavy atom. The second kappa shape index (κ2) is 11.1. The number of nitrogen functional groups attached to an aromatic ring is 1. The SMILES string of the molecule is Nc1cc2c(S(=O)(=O)[O-])cc(S(=O)(=O)[O-])cc2cc1S(=O)(=O)[O-].[K+].[K+].[K+]. The van der Waals surface area contributed by atoms with Gasteiger partial charge in [0, 0.05) is 11.1 Å². The predicted octanol–water partition coefficient (Wildman–Crippen LogP) is -9.85. The Morgan fingerprint density at radius 3 is 1.50 bits per heavy atom. The van der Waals surface area contributed by atoms with Gasteiger partial charge in [0.05, 0.1) is 14.7 Å². The number of hydrogen-bond acceptors (Lipinski definition) is 10.